The summed E-state index contributed by atoms with van der Waals surface area (Å²) in [5, 5.41) is 0.619. The Morgan fingerprint density at radius 2 is 1.75 bits per heavy atom. The van der Waals surface area contributed by atoms with E-state index in [0.717, 1.165) is 41.5 Å². The number of methoxy groups -OCH3 is 2. The lowest BCUT2D eigenvalue weighted by atomic mass is 10.1. The van der Waals surface area contributed by atoms with Gasteiger partial charge in [-0.1, -0.05) is 23.7 Å². The number of aliphatic imine (C=N–C) groups is 1. The summed E-state index contributed by atoms with van der Waals surface area (Å²) in [4.78, 5) is 6.81. The standard InChI is InChI=1S/C19H21ClN2O2/c1-23-18-12-17(22-9-5-6-10-22)19(24-2)11-14(18)13-21-16-8-4-3-7-15(16)20/h3-4,7-8,11-13H,5-6,9-10H2,1-2H3. The van der Waals surface area contributed by atoms with Crippen LogP contribution in [0.5, 0.6) is 11.5 Å². The average molecular weight is 345 g/mol. The Morgan fingerprint density at radius 1 is 1.04 bits per heavy atom. The predicted molar refractivity (Wildman–Crippen MR) is 99.7 cm³/mol. The topological polar surface area (TPSA) is 34.1 Å². The first-order valence-corrected chi connectivity index (χ1v) is 8.40. The Balaban J connectivity index is 1.96. The summed E-state index contributed by atoms with van der Waals surface area (Å²) in [6, 6.07) is 11.5. The van der Waals surface area contributed by atoms with Gasteiger partial charge in [0.15, 0.2) is 0 Å². The Morgan fingerprint density at radius 3 is 2.42 bits per heavy atom. The molecule has 1 aliphatic heterocycles. The van der Waals surface area contributed by atoms with Crippen LogP contribution in [-0.4, -0.2) is 33.5 Å². The van der Waals surface area contributed by atoms with Gasteiger partial charge < -0.3 is 14.4 Å². The molecule has 0 saturated carbocycles. The lowest BCUT2D eigenvalue weighted by molar-refractivity contribution is 0.402. The molecule has 1 heterocycles. The van der Waals surface area contributed by atoms with Crippen molar-refractivity contribution in [3.63, 3.8) is 0 Å². The summed E-state index contributed by atoms with van der Waals surface area (Å²) in [5.41, 5.74) is 2.66. The molecule has 0 amide bonds. The van der Waals surface area contributed by atoms with Gasteiger partial charge in [0.05, 0.1) is 30.6 Å². The molecule has 0 aliphatic carbocycles. The fourth-order valence-electron chi connectivity index (χ4n) is 2.91. The molecule has 126 valence electrons. The van der Waals surface area contributed by atoms with Crippen molar-refractivity contribution in [1.82, 2.24) is 0 Å². The third kappa shape index (κ3) is 3.49. The molecule has 24 heavy (non-hydrogen) atoms. The molecule has 0 aromatic heterocycles. The molecule has 1 fully saturated rings. The minimum absolute atomic E-state index is 0.619. The fraction of sp³-hybridized carbons (Fsp3) is 0.316. The third-order valence-electron chi connectivity index (χ3n) is 4.17. The van der Waals surface area contributed by atoms with Crippen molar-refractivity contribution in [1.29, 1.82) is 0 Å². The van der Waals surface area contributed by atoms with Gasteiger partial charge in [-0.15, -0.1) is 0 Å². The molecule has 2 aromatic carbocycles. The number of benzene rings is 2. The van der Waals surface area contributed by atoms with Crippen LogP contribution in [0.3, 0.4) is 0 Å². The van der Waals surface area contributed by atoms with Gasteiger partial charge in [-0.2, -0.15) is 0 Å². The second-order valence-electron chi connectivity index (χ2n) is 5.67. The van der Waals surface area contributed by atoms with Crippen LogP contribution in [0.1, 0.15) is 18.4 Å². The second kappa shape index (κ2) is 7.58. The van der Waals surface area contributed by atoms with E-state index in [-0.39, 0.29) is 0 Å². The molecule has 3 rings (SSSR count). The van der Waals surface area contributed by atoms with Crippen molar-refractivity contribution in [2.75, 3.05) is 32.2 Å². The normalized spacial score (nSPS) is 14.4. The van der Waals surface area contributed by atoms with Gasteiger partial charge >= 0.3 is 0 Å². The van der Waals surface area contributed by atoms with Gasteiger partial charge in [-0.05, 0) is 31.0 Å². The Kier molecular flexibility index (Phi) is 5.26. The number of ether oxygens (including phenoxy) is 2. The van der Waals surface area contributed by atoms with Crippen LogP contribution in [-0.2, 0) is 0 Å². The Bertz CT molecular complexity index is 740. The molecule has 0 N–H and O–H groups in total. The summed E-state index contributed by atoms with van der Waals surface area (Å²) in [6.45, 7) is 2.10. The molecule has 1 saturated heterocycles. The van der Waals surface area contributed by atoms with Crippen molar-refractivity contribution >= 4 is 29.2 Å². The van der Waals surface area contributed by atoms with Gasteiger partial charge in [0, 0.05) is 30.9 Å². The van der Waals surface area contributed by atoms with Gasteiger partial charge in [0.25, 0.3) is 0 Å². The van der Waals surface area contributed by atoms with Crippen molar-refractivity contribution in [2.45, 2.75) is 12.8 Å². The minimum atomic E-state index is 0.619. The number of anilines is 1. The molecule has 0 unspecified atom stereocenters. The van der Waals surface area contributed by atoms with E-state index in [1.54, 1.807) is 20.4 Å². The zero-order chi connectivity index (χ0) is 16.9. The summed E-state index contributed by atoms with van der Waals surface area (Å²) < 4.78 is 11.1. The summed E-state index contributed by atoms with van der Waals surface area (Å²) in [5.74, 6) is 1.60. The van der Waals surface area contributed by atoms with Crippen LogP contribution < -0.4 is 14.4 Å². The first-order chi connectivity index (χ1) is 11.7. The highest BCUT2D eigenvalue weighted by Crippen LogP contribution is 2.36. The number of para-hydroxylation sites is 1. The molecule has 0 radical (unpaired) electrons. The maximum Gasteiger partial charge on any atom is 0.143 e. The fourth-order valence-corrected chi connectivity index (χ4v) is 3.09. The quantitative estimate of drug-likeness (QED) is 0.737. The first-order valence-electron chi connectivity index (χ1n) is 8.02. The molecule has 5 heteroatoms. The highest BCUT2D eigenvalue weighted by molar-refractivity contribution is 6.33. The number of hydrogen-bond donors (Lipinski definition) is 0. The SMILES string of the molecule is COc1cc(N2CCCC2)c(OC)cc1C=Nc1ccccc1Cl. The largest absolute Gasteiger partial charge is 0.496 e. The zero-order valence-electron chi connectivity index (χ0n) is 14.0. The molecular weight excluding hydrogens is 324 g/mol. The highest BCUT2D eigenvalue weighted by Gasteiger charge is 2.19. The molecule has 0 atom stereocenters. The molecule has 1 aliphatic rings. The minimum Gasteiger partial charge on any atom is -0.496 e. The van der Waals surface area contributed by atoms with Gasteiger partial charge in [0.2, 0.25) is 0 Å². The first kappa shape index (κ1) is 16.7. The van der Waals surface area contributed by atoms with E-state index in [0.29, 0.717) is 5.02 Å². The molecule has 0 bridgehead atoms. The summed E-state index contributed by atoms with van der Waals surface area (Å²) in [7, 11) is 3.36. The Labute approximate surface area is 147 Å². The third-order valence-corrected chi connectivity index (χ3v) is 4.49. The van der Waals surface area contributed by atoms with Gasteiger partial charge in [-0.3, -0.25) is 4.99 Å². The van der Waals surface area contributed by atoms with Crippen molar-refractivity contribution in [3.8, 4) is 11.5 Å². The van der Waals surface area contributed by atoms with Crippen LogP contribution in [0.15, 0.2) is 41.4 Å². The maximum absolute atomic E-state index is 6.16. The van der Waals surface area contributed by atoms with Crippen molar-refractivity contribution < 1.29 is 9.47 Å². The van der Waals surface area contributed by atoms with Crippen molar-refractivity contribution in [2.24, 2.45) is 4.99 Å². The van der Waals surface area contributed by atoms with Crippen LogP contribution in [0.4, 0.5) is 11.4 Å². The second-order valence-corrected chi connectivity index (χ2v) is 6.08. The number of halogens is 1. The van der Waals surface area contributed by atoms with Crippen LogP contribution in [0.2, 0.25) is 5.02 Å². The zero-order valence-corrected chi connectivity index (χ0v) is 14.7. The van der Waals surface area contributed by atoms with E-state index in [9.17, 15) is 0 Å². The lowest BCUT2D eigenvalue weighted by Gasteiger charge is -2.22. The lowest BCUT2D eigenvalue weighted by Crippen LogP contribution is -2.18. The van der Waals surface area contributed by atoms with Crippen LogP contribution in [0.25, 0.3) is 0 Å². The monoisotopic (exact) mass is 344 g/mol. The van der Waals surface area contributed by atoms with Crippen LogP contribution >= 0.6 is 11.6 Å². The highest BCUT2D eigenvalue weighted by atomic mass is 35.5. The van der Waals surface area contributed by atoms with E-state index < -0.39 is 0 Å². The van der Waals surface area contributed by atoms with E-state index >= 15 is 0 Å². The predicted octanol–water partition coefficient (Wildman–Crippen LogP) is 4.71. The molecule has 4 nitrogen and oxygen atoms in total. The number of hydrogen-bond acceptors (Lipinski definition) is 4. The van der Waals surface area contributed by atoms with E-state index in [1.807, 2.05) is 36.4 Å². The number of rotatable bonds is 5. The van der Waals surface area contributed by atoms with Gasteiger partial charge in [0.1, 0.15) is 11.5 Å². The number of nitrogens with zero attached hydrogens (tertiary/aromatic N) is 2. The van der Waals surface area contributed by atoms with E-state index in [4.69, 9.17) is 21.1 Å². The molecule has 0 spiro atoms. The Hall–Kier alpha value is -2.20. The average Bonchev–Trinajstić information content (AvgIpc) is 3.14. The smallest absolute Gasteiger partial charge is 0.143 e. The van der Waals surface area contributed by atoms with Crippen LogP contribution in [0, 0.1) is 0 Å². The van der Waals surface area contributed by atoms with Gasteiger partial charge in [-0.25, -0.2) is 0 Å². The molecular formula is C19H21ClN2O2. The molecule has 2 aromatic rings. The summed E-state index contributed by atoms with van der Waals surface area (Å²) >= 11 is 6.16. The maximum atomic E-state index is 6.16. The van der Waals surface area contributed by atoms with E-state index in [1.165, 1.54) is 12.8 Å². The van der Waals surface area contributed by atoms with Crippen molar-refractivity contribution in [3.05, 3.63) is 47.0 Å². The summed E-state index contributed by atoms with van der Waals surface area (Å²) in [6.07, 6.45) is 4.18. The van der Waals surface area contributed by atoms with E-state index in [2.05, 4.69) is 9.89 Å².